The number of allylic oxidation sites excluding steroid dienone is 2. The van der Waals surface area contributed by atoms with E-state index in [0.29, 0.717) is 35.2 Å². The van der Waals surface area contributed by atoms with Crippen LogP contribution in [-0.2, 0) is 0 Å². The lowest BCUT2D eigenvalue weighted by molar-refractivity contribution is 0.227. The summed E-state index contributed by atoms with van der Waals surface area (Å²) in [5, 5.41) is 30.4. The topological polar surface area (TPSA) is 119 Å². The third kappa shape index (κ3) is 3.59. The van der Waals surface area contributed by atoms with Gasteiger partial charge in [0.25, 0.3) is 0 Å². The zero-order valence-corrected chi connectivity index (χ0v) is 18.7. The molecule has 0 spiro atoms. The minimum absolute atomic E-state index is 0.0188. The Labute approximate surface area is 187 Å². The summed E-state index contributed by atoms with van der Waals surface area (Å²) in [5.41, 5.74) is 6.21. The Balaban J connectivity index is 2.31. The van der Waals surface area contributed by atoms with Crippen molar-refractivity contribution < 1.29 is 9.47 Å². The second kappa shape index (κ2) is 8.52. The number of ether oxygens (including phenoxy) is 2. The molecule has 8 heteroatoms. The van der Waals surface area contributed by atoms with E-state index >= 15 is 0 Å². The summed E-state index contributed by atoms with van der Waals surface area (Å²) in [6.45, 7) is 4.97. The van der Waals surface area contributed by atoms with Crippen LogP contribution in [0.4, 0.5) is 0 Å². The molecule has 1 aromatic carbocycles. The third-order valence-electron chi connectivity index (χ3n) is 5.81. The first kappa shape index (κ1) is 22.5. The van der Waals surface area contributed by atoms with E-state index in [-0.39, 0.29) is 23.3 Å². The maximum absolute atomic E-state index is 10.2. The lowest BCUT2D eigenvalue weighted by Crippen LogP contribution is -2.47. The van der Waals surface area contributed by atoms with Gasteiger partial charge in [-0.15, -0.1) is 0 Å². The molecule has 1 aromatic rings. The number of nitriles is 3. The number of nitrogens with zero attached hydrogens (tertiary/aromatic N) is 4. The molecule has 1 heterocycles. The summed E-state index contributed by atoms with van der Waals surface area (Å²) < 4.78 is 11.3. The van der Waals surface area contributed by atoms with Crippen LogP contribution in [0.2, 0.25) is 5.02 Å². The van der Waals surface area contributed by atoms with Crippen molar-refractivity contribution in [1.82, 2.24) is 4.90 Å². The Kier molecular flexibility index (Phi) is 6.18. The molecule has 2 aliphatic rings. The van der Waals surface area contributed by atoms with Crippen LogP contribution in [0.3, 0.4) is 0 Å². The first-order chi connectivity index (χ1) is 14.7. The highest BCUT2D eigenvalue weighted by Crippen LogP contribution is 2.55. The van der Waals surface area contributed by atoms with E-state index in [1.165, 1.54) is 7.11 Å². The SMILES string of the molecule is COc1cc([C@H]2[C@H]3CN(C)CC=C3C(C#N)=C(N)C2(C#N)C#N)cc(Cl)c1OC(C)C. The van der Waals surface area contributed by atoms with Crippen molar-refractivity contribution >= 4 is 11.6 Å². The molecule has 0 amide bonds. The van der Waals surface area contributed by atoms with Crippen molar-refractivity contribution in [3.63, 3.8) is 0 Å². The van der Waals surface area contributed by atoms with Gasteiger partial charge in [-0.3, -0.25) is 0 Å². The van der Waals surface area contributed by atoms with Crippen LogP contribution in [0.5, 0.6) is 11.5 Å². The molecule has 0 saturated carbocycles. The van der Waals surface area contributed by atoms with Crippen molar-refractivity contribution in [2.45, 2.75) is 25.9 Å². The minimum Gasteiger partial charge on any atom is -0.493 e. The molecule has 0 fully saturated rings. The Morgan fingerprint density at radius 2 is 1.94 bits per heavy atom. The second-order valence-electron chi connectivity index (χ2n) is 8.10. The smallest absolute Gasteiger partial charge is 0.191 e. The Hall–Kier alpha value is -3.18. The van der Waals surface area contributed by atoms with Gasteiger partial charge in [-0.05, 0) is 44.2 Å². The van der Waals surface area contributed by atoms with Crippen molar-refractivity contribution in [2.75, 3.05) is 27.2 Å². The van der Waals surface area contributed by atoms with E-state index in [4.69, 9.17) is 26.8 Å². The molecule has 0 radical (unpaired) electrons. The molecule has 0 aromatic heterocycles. The fourth-order valence-electron chi connectivity index (χ4n) is 4.47. The van der Waals surface area contributed by atoms with Crippen LogP contribution in [-0.4, -0.2) is 38.3 Å². The van der Waals surface area contributed by atoms with Crippen LogP contribution in [0.15, 0.2) is 35.1 Å². The third-order valence-corrected chi connectivity index (χ3v) is 6.09. The highest BCUT2D eigenvalue weighted by atomic mass is 35.5. The molecule has 7 nitrogen and oxygen atoms in total. The summed E-state index contributed by atoms with van der Waals surface area (Å²) >= 11 is 6.56. The molecule has 1 aliphatic carbocycles. The Morgan fingerprint density at radius 3 is 2.48 bits per heavy atom. The van der Waals surface area contributed by atoms with Crippen molar-refractivity contribution in [3.8, 4) is 29.7 Å². The molecule has 3 rings (SSSR count). The van der Waals surface area contributed by atoms with E-state index in [9.17, 15) is 15.8 Å². The first-order valence-electron chi connectivity index (χ1n) is 9.89. The minimum atomic E-state index is -1.72. The van der Waals surface area contributed by atoms with E-state index < -0.39 is 11.3 Å². The number of rotatable bonds is 4. The number of fused-ring (bicyclic) bond motifs is 1. The second-order valence-corrected chi connectivity index (χ2v) is 8.50. The molecule has 1 aliphatic heterocycles. The number of hydrogen-bond donors (Lipinski definition) is 1. The van der Waals surface area contributed by atoms with E-state index in [2.05, 4.69) is 23.1 Å². The lowest BCUT2D eigenvalue weighted by Gasteiger charge is -2.45. The number of methoxy groups -OCH3 is 1. The Morgan fingerprint density at radius 1 is 1.26 bits per heavy atom. The highest BCUT2D eigenvalue weighted by molar-refractivity contribution is 6.32. The van der Waals surface area contributed by atoms with Gasteiger partial charge in [0.1, 0.15) is 6.07 Å². The molecular weight excluding hydrogens is 414 g/mol. The van der Waals surface area contributed by atoms with Gasteiger partial charge in [-0.1, -0.05) is 17.7 Å². The number of benzene rings is 1. The number of halogens is 1. The molecule has 2 N–H and O–H groups in total. The summed E-state index contributed by atoms with van der Waals surface area (Å²) in [4.78, 5) is 2.08. The summed E-state index contributed by atoms with van der Waals surface area (Å²) in [6, 6.07) is 9.82. The van der Waals surface area contributed by atoms with Gasteiger partial charge in [0.05, 0.1) is 41.6 Å². The standard InChI is InChI=1S/C23H24ClN5O2/c1-13(2)31-21-18(24)7-14(8-19(21)30-4)20-17-10-29(3)6-5-15(17)16(9-25)22(28)23(20,11-26)12-27/h5,7-8,13,17,20H,6,10,28H2,1-4H3/t17-,20-/m0/s1. The largest absolute Gasteiger partial charge is 0.493 e. The van der Waals surface area contributed by atoms with Gasteiger partial charge in [0.15, 0.2) is 16.9 Å². The monoisotopic (exact) mass is 437 g/mol. The van der Waals surface area contributed by atoms with Crippen LogP contribution < -0.4 is 15.2 Å². The molecule has 0 saturated heterocycles. The fourth-order valence-corrected chi connectivity index (χ4v) is 4.73. The number of nitrogens with two attached hydrogens (primary N) is 1. The summed E-state index contributed by atoms with van der Waals surface area (Å²) in [6.07, 6.45) is 1.82. The zero-order chi connectivity index (χ0) is 22.9. The lowest BCUT2D eigenvalue weighted by atomic mass is 9.58. The maximum atomic E-state index is 10.2. The van der Waals surface area contributed by atoms with Crippen LogP contribution in [0.25, 0.3) is 0 Å². The van der Waals surface area contributed by atoms with E-state index in [0.717, 1.165) is 5.57 Å². The predicted octanol–water partition coefficient (Wildman–Crippen LogP) is 3.49. The predicted molar refractivity (Wildman–Crippen MR) is 116 cm³/mol. The molecule has 0 bridgehead atoms. The van der Waals surface area contributed by atoms with Crippen LogP contribution >= 0.6 is 11.6 Å². The summed E-state index contributed by atoms with van der Waals surface area (Å²) in [7, 11) is 3.46. The maximum Gasteiger partial charge on any atom is 0.191 e. The van der Waals surface area contributed by atoms with Crippen molar-refractivity contribution in [2.24, 2.45) is 17.1 Å². The zero-order valence-electron chi connectivity index (χ0n) is 17.9. The van der Waals surface area contributed by atoms with Gasteiger partial charge in [0, 0.05) is 24.9 Å². The summed E-state index contributed by atoms with van der Waals surface area (Å²) in [5.74, 6) is -0.133. The van der Waals surface area contributed by atoms with Crippen molar-refractivity contribution in [1.29, 1.82) is 15.8 Å². The van der Waals surface area contributed by atoms with Crippen LogP contribution in [0.1, 0.15) is 25.3 Å². The quantitative estimate of drug-likeness (QED) is 0.765. The first-order valence-corrected chi connectivity index (χ1v) is 10.3. The normalized spacial score (nSPS) is 22.6. The molecule has 160 valence electrons. The average Bonchev–Trinajstić information content (AvgIpc) is 2.74. The molecular formula is C23H24ClN5O2. The van der Waals surface area contributed by atoms with Gasteiger partial charge in [-0.2, -0.15) is 15.8 Å². The molecule has 0 unspecified atom stereocenters. The molecule has 2 atom stereocenters. The van der Waals surface area contributed by atoms with E-state index in [1.54, 1.807) is 12.1 Å². The average molecular weight is 438 g/mol. The fraction of sp³-hybridized carbons (Fsp3) is 0.435. The molecule has 31 heavy (non-hydrogen) atoms. The van der Waals surface area contributed by atoms with Gasteiger partial charge in [-0.25, -0.2) is 0 Å². The van der Waals surface area contributed by atoms with Crippen LogP contribution in [0, 0.1) is 45.3 Å². The Bertz CT molecular complexity index is 1070. The van der Waals surface area contributed by atoms with Gasteiger partial charge < -0.3 is 20.1 Å². The number of hydrogen-bond acceptors (Lipinski definition) is 7. The van der Waals surface area contributed by atoms with Crippen molar-refractivity contribution in [3.05, 3.63) is 45.6 Å². The highest BCUT2D eigenvalue weighted by Gasteiger charge is 2.54. The van der Waals surface area contributed by atoms with E-state index in [1.807, 2.05) is 27.0 Å². The number of likely N-dealkylation sites (N-methyl/N-ethyl adjacent to an activating group) is 1. The van der Waals surface area contributed by atoms with Gasteiger partial charge in [0.2, 0.25) is 0 Å². The van der Waals surface area contributed by atoms with Gasteiger partial charge >= 0.3 is 0 Å².